The van der Waals surface area contributed by atoms with Crippen LogP contribution in [0.3, 0.4) is 0 Å². The van der Waals surface area contributed by atoms with Crippen molar-refractivity contribution >= 4 is 11.8 Å². The van der Waals surface area contributed by atoms with E-state index in [4.69, 9.17) is 0 Å². The maximum atomic E-state index is 2.40. The number of hydrogen-bond donors (Lipinski definition) is 0. The van der Waals surface area contributed by atoms with Gasteiger partial charge in [0, 0.05) is 10.1 Å². The lowest BCUT2D eigenvalue weighted by Crippen LogP contribution is -1.90. The molecule has 1 atom stereocenters. The van der Waals surface area contributed by atoms with Crippen LogP contribution in [0.2, 0.25) is 0 Å². The van der Waals surface area contributed by atoms with Gasteiger partial charge in [0.05, 0.1) is 0 Å². The van der Waals surface area contributed by atoms with Crippen LogP contribution in [0.5, 0.6) is 0 Å². The van der Waals surface area contributed by atoms with Gasteiger partial charge < -0.3 is 0 Å². The SMILES string of the molecule is CC1=CC(Sc2ccccc2)CC1. The molecule has 0 spiro atoms. The molecular formula is C12H14S. The van der Waals surface area contributed by atoms with Crippen molar-refractivity contribution in [2.75, 3.05) is 0 Å². The highest BCUT2D eigenvalue weighted by Gasteiger charge is 2.13. The minimum Gasteiger partial charge on any atom is -0.119 e. The third-order valence-corrected chi connectivity index (χ3v) is 3.54. The van der Waals surface area contributed by atoms with Gasteiger partial charge in [-0.15, -0.1) is 11.8 Å². The summed E-state index contributed by atoms with van der Waals surface area (Å²) in [7, 11) is 0. The molecule has 0 saturated heterocycles. The van der Waals surface area contributed by atoms with E-state index in [0.29, 0.717) is 5.25 Å². The summed E-state index contributed by atoms with van der Waals surface area (Å²) < 4.78 is 0. The van der Waals surface area contributed by atoms with Gasteiger partial charge in [0.25, 0.3) is 0 Å². The van der Waals surface area contributed by atoms with Gasteiger partial charge in [0.2, 0.25) is 0 Å². The topological polar surface area (TPSA) is 0 Å². The molecule has 1 aromatic rings. The summed E-state index contributed by atoms with van der Waals surface area (Å²) in [5.74, 6) is 0. The molecule has 1 aromatic carbocycles. The average Bonchev–Trinajstić information content (AvgIpc) is 2.53. The van der Waals surface area contributed by atoms with Crippen molar-refractivity contribution in [2.24, 2.45) is 0 Å². The molecule has 0 amide bonds. The maximum absolute atomic E-state index is 2.40. The molecule has 0 saturated carbocycles. The highest BCUT2D eigenvalue weighted by atomic mass is 32.2. The zero-order valence-electron chi connectivity index (χ0n) is 7.86. The second-order valence-corrected chi connectivity index (χ2v) is 4.83. The van der Waals surface area contributed by atoms with Gasteiger partial charge in [-0.1, -0.05) is 29.8 Å². The molecule has 0 aliphatic heterocycles. The van der Waals surface area contributed by atoms with E-state index in [-0.39, 0.29) is 0 Å². The Kier molecular flexibility index (Phi) is 2.74. The summed E-state index contributed by atoms with van der Waals surface area (Å²) in [5.41, 5.74) is 1.55. The third-order valence-electron chi connectivity index (χ3n) is 2.32. The molecule has 0 bridgehead atoms. The fraction of sp³-hybridized carbons (Fsp3) is 0.333. The summed E-state index contributed by atoms with van der Waals surface area (Å²) >= 11 is 1.98. The Bertz CT molecular complexity index is 300. The number of rotatable bonds is 2. The quantitative estimate of drug-likeness (QED) is 0.638. The van der Waals surface area contributed by atoms with Crippen LogP contribution in [0.1, 0.15) is 19.8 Å². The molecule has 1 aliphatic carbocycles. The lowest BCUT2D eigenvalue weighted by Gasteiger charge is -2.05. The molecule has 1 aliphatic rings. The first kappa shape index (κ1) is 8.89. The summed E-state index contributed by atoms with van der Waals surface area (Å²) in [6, 6.07) is 10.7. The fourth-order valence-electron chi connectivity index (χ4n) is 1.62. The van der Waals surface area contributed by atoms with Crippen LogP contribution < -0.4 is 0 Å². The van der Waals surface area contributed by atoms with Gasteiger partial charge in [-0.2, -0.15) is 0 Å². The molecule has 0 N–H and O–H groups in total. The Morgan fingerprint density at radius 3 is 2.62 bits per heavy atom. The van der Waals surface area contributed by atoms with E-state index < -0.39 is 0 Å². The number of benzene rings is 1. The van der Waals surface area contributed by atoms with Crippen LogP contribution in [0.25, 0.3) is 0 Å². The minimum absolute atomic E-state index is 0.711. The van der Waals surface area contributed by atoms with E-state index in [1.807, 2.05) is 11.8 Å². The van der Waals surface area contributed by atoms with Crippen LogP contribution in [-0.2, 0) is 0 Å². The Morgan fingerprint density at radius 2 is 2.00 bits per heavy atom. The van der Waals surface area contributed by atoms with E-state index in [0.717, 1.165) is 0 Å². The second kappa shape index (κ2) is 4.01. The van der Waals surface area contributed by atoms with Gasteiger partial charge in [-0.05, 0) is 31.9 Å². The van der Waals surface area contributed by atoms with Crippen molar-refractivity contribution in [3.63, 3.8) is 0 Å². The van der Waals surface area contributed by atoms with E-state index in [1.165, 1.54) is 17.7 Å². The van der Waals surface area contributed by atoms with Crippen LogP contribution in [0.15, 0.2) is 46.9 Å². The zero-order valence-corrected chi connectivity index (χ0v) is 8.68. The first-order valence-corrected chi connectivity index (χ1v) is 5.61. The summed E-state index contributed by atoms with van der Waals surface area (Å²) in [5, 5.41) is 0.711. The van der Waals surface area contributed by atoms with Crippen LogP contribution in [0.4, 0.5) is 0 Å². The summed E-state index contributed by atoms with van der Waals surface area (Å²) in [6.45, 7) is 2.23. The standard InChI is InChI=1S/C12H14S/c1-10-7-8-12(9-10)13-11-5-3-2-4-6-11/h2-6,9,12H,7-8H2,1H3. The van der Waals surface area contributed by atoms with Crippen molar-refractivity contribution in [1.82, 2.24) is 0 Å². The molecule has 0 aromatic heterocycles. The smallest absolute Gasteiger partial charge is 0.0279 e. The first-order chi connectivity index (χ1) is 6.34. The largest absolute Gasteiger partial charge is 0.119 e. The molecule has 0 heterocycles. The highest BCUT2D eigenvalue weighted by molar-refractivity contribution is 8.00. The van der Waals surface area contributed by atoms with Crippen LogP contribution >= 0.6 is 11.8 Å². The monoisotopic (exact) mass is 190 g/mol. The maximum Gasteiger partial charge on any atom is 0.0279 e. The number of hydrogen-bond acceptors (Lipinski definition) is 1. The normalized spacial score (nSPS) is 21.6. The number of thioether (sulfide) groups is 1. The molecule has 1 unspecified atom stereocenters. The van der Waals surface area contributed by atoms with Crippen molar-refractivity contribution in [3.05, 3.63) is 42.0 Å². The molecule has 13 heavy (non-hydrogen) atoms. The highest BCUT2D eigenvalue weighted by Crippen LogP contribution is 2.32. The van der Waals surface area contributed by atoms with Crippen LogP contribution in [-0.4, -0.2) is 5.25 Å². The predicted octanol–water partition coefficient (Wildman–Crippen LogP) is 3.89. The number of allylic oxidation sites excluding steroid dienone is 1. The molecular weight excluding hydrogens is 176 g/mol. The summed E-state index contributed by atoms with van der Waals surface area (Å²) in [4.78, 5) is 1.39. The van der Waals surface area contributed by atoms with Gasteiger partial charge in [0.15, 0.2) is 0 Å². The van der Waals surface area contributed by atoms with Gasteiger partial charge in [-0.3, -0.25) is 0 Å². The fourth-order valence-corrected chi connectivity index (χ4v) is 2.82. The van der Waals surface area contributed by atoms with Crippen molar-refractivity contribution in [2.45, 2.75) is 29.9 Å². The van der Waals surface area contributed by atoms with E-state index in [9.17, 15) is 0 Å². The third kappa shape index (κ3) is 2.38. The molecule has 2 rings (SSSR count). The van der Waals surface area contributed by atoms with Crippen molar-refractivity contribution < 1.29 is 0 Å². The van der Waals surface area contributed by atoms with E-state index in [2.05, 4.69) is 43.3 Å². The Morgan fingerprint density at radius 1 is 1.23 bits per heavy atom. The summed E-state index contributed by atoms with van der Waals surface area (Å²) in [6.07, 6.45) is 4.99. The molecule has 0 radical (unpaired) electrons. The van der Waals surface area contributed by atoms with Gasteiger partial charge in [-0.25, -0.2) is 0 Å². The zero-order chi connectivity index (χ0) is 9.10. The van der Waals surface area contributed by atoms with Gasteiger partial charge in [0.1, 0.15) is 0 Å². The van der Waals surface area contributed by atoms with E-state index >= 15 is 0 Å². The van der Waals surface area contributed by atoms with Crippen molar-refractivity contribution in [3.8, 4) is 0 Å². The minimum atomic E-state index is 0.711. The molecule has 1 heteroatoms. The molecule has 0 nitrogen and oxygen atoms in total. The van der Waals surface area contributed by atoms with E-state index in [1.54, 1.807) is 5.57 Å². The predicted molar refractivity (Wildman–Crippen MR) is 59.1 cm³/mol. The Balaban J connectivity index is 2.00. The lowest BCUT2D eigenvalue weighted by molar-refractivity contribution is 0.918. The molecule has 68 valence electrons. The molecule has 0 fully saturated rings. The first-order valence-electron chi connectivity index (χ1n) is 4.73. The Labute approximate surface area is 84.0 Å². The Hall–Kier alpha value is -0.690. The average molecular weight is 190 g/mol. The van der Waals surface area contributed by atoms with Crippen molar-refractivity contribution in [1.29, 1.82) is 0 Å². The second-order valence-electron chi connectivity index (χ2n) is 3.52. The lowest BCUT2D eigenvalue weighted by atomic mass is 10.3. The van der Waals surface area contributed by atoms with Crippen LogP contribution in [0, 0.1) is 0 Å². The van der Waals surface area contributed by atoms with Gasteiger partial charge >= 0.3 is 0 Å².